The van der Waals surface area contributed by atoms with E-state index in [9.17, 15) is 8.42 Å². The van der Waals surface area contributed by atoms with Gasteiger partial charge in [0.15, 0.2) is 0 Å². The van der Waals surface area contributed by atoms with Gasteiger partial charge < -0.3 is 5.32 Å². The maximum absolute atomic E-state index is 12.0. The zero-order chi connectivity index (χ0) is 14.5. The molecule has 0 spiro atoms. The lowest BCUT2D eigenvalue weighted by Gasteiger charge is -2.23. The van der Waals surface area contributed by atoms with Crippen LogP contribution < -0.4 is 10.0 Å². The predicted octanol–water partition coefficient (Wildman–Crippen LogP) is 1.77. The number of sulfonamides is 1. The lowest BCUT2D eigenvalue weighted by atomic mass is 9.96. The Labute approximate surface area is 116 Å². The molecule has 0 heterocycles. The van der Waals surface area contributed by atoms with Gasteiger partial charge in [0.05, 0.1) is 4.90 Å². The summed E-state index contributed by atoms with van der Waals surface area (Å²) < 4.78 is 26.4. The fraction of sp³-hybridized carbons (Fsp3) is 0.571. The minimum Gasteiger partial charge on any atom is -0.314 e. The van der Waals surface area contributed by atoms with Crippen molar-refractivity contribution in [3.8, 4) is 0 Å². The molecule has 1 unspecified atom stereocenters. The maximum atomic E-state index is 12.0. The van der Waals surface area contributed by atoms with Crippen molar-refractivity contribution >= 4 is 10.0 Å². The number of likely N-dealkylation sites (N-methyl/N-ethyl adjacent to an activating group) is 1. The van der Waals surface area contributed by atoms with Gasteiger partial charge in [-0.25, -0.2) is 13.1 Å². The van der Waals surface area contributed by atoms with E-state index in [4.69, 9.17) is 0 Å². The van der Waals surface area contributed by atoms with Crippen LogP contribution in [0, 0.1) is 5.92 Å². The van der Waals surface area contributed by atoms with Crippen molar-refractivity contribution < 1.29 is 8.42 Å². The molecular weight excluding hydrogens is 260 g/mol. The lowest BCUT2D eigenvalue weighted by Crippen LogP contribution is -2.36. The van der Waals surface area contributed by atoms with E-state index in [1.54, 1.807) is 12.1 Å². The van der Waals surface area contributed by atoms with Gasteiger partial charge in [-0.05, 0) is 37.6 Å². The van der Waals surface area contributed by atoms with Crippen molar-refractivity contribution in [2.24, 2.45) is 5.92 Å². The fourth-order valence-corrected chi connectivity index (χ4v) is 3.06. The molecular formula is C14H24N2O2S. The summed E-state index contributed by atoms with van der Waals surface area (Å²) in [4.78, 5) is 0.376. The molecule has 0 radical (unpaired) electrons. The van der Waals surface area contributed by atoms with E-state index in [1.807, 2.05) is 12.1 Å². The molecule has 0 saturated carbocycles. The summed E-state index contributed by atoms with van der Waals surface area (Å²) in [6.45, 7) is 7.22. The van der Waals surface area contributed by atoms with Crippen molar-refractivity contribution in [2.75, 3.05) is 13.6 Å². The first-order chi connectivity index (χ1) is 8.92. The van der Waals surface area contributed by atoms with Crippen LogP contribution in [0.5, 0.6) is 0 Å². The second kappa shape index (κ2) is 7.03. The van der Waals surface area contributed by atoms with Gasteiger partial charge in [0.25, 0.3) is 0 Å². The Kier molecular flexibility index (Phi) is 5.97. The van der Waals surface area contributed by atoms with E-state index in [0.29, 0.717) is 17.2 Å². The smallest absolute Gasteiger partial charge is 0.240 e. The average Bonchev–Trinajstić information content (AvgIpc) is 2.38. The normalized spacial score (nSPS) is 13.7. The molecule has 0 aromatic heterocycles. The molecule has 1 rings (SSSR count). The highest BCUT2D eigenvalue weighted by molar-refractivity contribution is 7.89. The molecule has 1 aromatic rings. The Morgan fingerprint density at radius 3 is 2.37 bits per heavy atom. The lowest BCUT2D eigenvalue weighted by molar-refractivity contribution is 0.403. The molecule has 4 nitrogen and oxygen atoms in total. The zero-order valence-corrected chi connectivity index (χ0v) is 12.9. The molecule has 0 aliphatic heterocycles. The van der Waals surface area contributed by atoms with Gasteiger partial charge in [0.1, 0.15) is 0 Å². The molecule has 19 heavy (non-hydrogen) atoms. The Morgan fingerprint density at radius 2 is 1.84 bits per heavy atom. The van der Waals surface area contributed by atoms with E-state index >= 15 is 0 Å². The molecule has 0 fully saturated rings. The van der Waals surface area contributed by atoms with Crippen LogP contribution in [0.25, 0.3) is 0 Å². The number of rotatable bonds is 7. The van der Waals surface area contributed by atoms with Gasteiger partial charge in [-0.3, -0.25) is 0 Å². The molecule has 1 atom stereocenters. The van der Waals surface area contributed by atoms with E-state index in [1.165, 1.54) is 7.05 Å². The molecule has 0 aliphatic carbocycles. The summed E-state index contributed by atoms with van der Waals surface area (Å²) in [6, 6.07) is 7.46. The van der Waals surface area contributed by atoms with Crippen molar-refractivity contribution in [1.29, 1.82) is 0 Å². The van der Waals surface area contributed by atoms with Gasteiger partial charge in [0.2, 0.25) is 10.0 Å². The van der Waals surface area contributed by atoms with Gasteiger partial charge >= 0.3 is 0 Å². The number of hydrogen-bond acceptors (Lipinski definition) is 3. The largest absolute Gasteiger partial charge is 0.314 e. The Hall–Kier alpha value is -0.910. The first-order valence-corrected chi connectivity index (χ1v) is 8.15. The Morgan fingerprint density at radius 1 is 1.21 bits per heavy atom. The van der Waals surface area contributed by atoms with Crippen LogP contribution in [-0.4, -0.2) is 28.1 Å². The standard InChI is InChI=1S/C14H24N2O2S/c1-5-16-13(11(2)3)10-12-8-6-7-9-14(12)19(17,18)15-4/h6-9,11,13,15-16H,5,10H2,1-4H3. The summed E-state index contributed by atoms with van der Waals surface area (Å²) in [5, 5.41) is 3.41. The molecule has 2 N–H and O–H groups in total. The van der Waals surface area contributed by atoms with Crippen LogP contribution in [0.15, 0.2) is 29.2 Å². The van der Waals surface area contributed by atoms with Gasteiger partial charge in [-0.1, -0.05) is 39.0 Å². The summed E-state index contributed by atoms with van der Waals surface area (Å²) >= 11 is 0. The molecule has 0 aliphatic rings. The van der Waals surface area contributed by atoms with E-state index in [0.717, 1.165) is 12.1 Å². The first kappa shape index (κ1) is 16.1. The second-order valence-corrected chi connectivity index (χ2v) is 6.78. The summed E-state index contributed by atoms with van der Waals surface area (Å²) in [6.07, 6.45) is 0.711. The summed E-state index contributed by atoms with van der Waals surface area (Å²) in [5.74, 6) is 0.449. The molecule has 1 aromatic carbocycles. The molecule has 0 amide bonds. The second-order valence-electron chi connectivity index (χ2n) is 4.93. The van der Waals surface area contributed by atoms with Crippen molar-refractivity contribution in [2.45, 2.75) is 38.1 Å². The van der Waals surface area contributed by atoms with E-state index in [-0.39, 0.29) is 6.04 Å². The third kappa shape index (κ3) is 4.30. The highest BCUT2D eigenvalue weighted by atomic mass is 32.2. The van der Waals surface area contributed by atoms with Crippen LogP contribution >= 0.6 is 0 Å². The summed E-state index contributed by atoms with van der Waals surface area (Å²) in [7, 11) is -1.95. The van der Waals surface area contributed by atoms with Crippen LogP contribution in [0.1, 0.15) is 26.3 Å². The Bertz CT molecular complexity index is 498. The molecule has 5 heteroatoms. The van der Waals surface area contributed by atoms with Crippen LogP contribution in [0.2, 0.25) is 0 Å². The highest BCUT2D eigenvalue weighted by Gasteiger charge is 2.20. The monoisotopic (exact) mass is 284 g/mol. The third-order valence-corrected chi connectivity index (χ3v) is 4.76. The number of nitrogens with one attached hydrogen (secondary N) is 2. The minimum atomic E-state index is -3.39. The van der Waals surface area contributed by atoms with Crippen LogP contribution in [0.3, 0.4) is 0 Å². The Balaban J connectivity index is 3.07. The molecule has 0 bridgehead atoms. The average molecular weight is 284 g/mol. The SMILES string of the molecule is CCNC(Cc1ccccc1S(=O)(=O)NC)C(C)C. The number of hydrogen-bond donors (Lipinski definition) is 2. The van der Waals surface area contributed by atoms with Crippen LogP contribution in [-0.2, 0) is 16.4 Å². The van der Waals surface area contributed by atoms with Crippen LogP contribution in [0.4, 0.5) is 0 Å². The topological polar surface area (TPSA) is 58.2 Å². The quantitative estimate of drug-likeness (QED) is 0.802. The number of benzene rings is 1. The van der Waals surface area contributed by atoms with Gasteiger partial charge in [-0.15, -0.1) is 0 Å². The van der Waals surface area contributed by atoms with Gasteiger partial charge in [0, 0.05) is 6.04 Å². The van der Waals surface area contributed by atoms with E-state index in [2.05, 4.69) is 30.8 Å². The molecule has 108 valence electrons. The predicted molar refractivity (Wildman–Crippen MR) is 78.7 cm³/mol. The highest BCUT2D eigenvalue weighted by Crippen LogP contribution is 2.19. The van der Waals surface area contributed by atoms with Crippen molar-refractivity contribution in [3.05, 3.63) is 29.8 Å². The summed E-state index contributed by atoms with van der Waals surface area (Å²) in [5.41, 5.74) is 0.858. The minimum absolute atomic E-state index is 0.276. The first-order valence-electron chi connectivity index (χ1n) is 6.67. The van der Waals surface area contributed by atoms with Crippen molar-refractivity contribution in [3.63, 3.8) is 0 Å². The maximum Gasteiger partial charge on any atom is 0.240 e. The zero-order valence-electron chi connectivity index (χ0n) is 12.1. The third-order valence-electron chi connectivity index (χ3n) is 3.24. The molecule has 0 saturated heterocycles. The van der Waals surface area contributed by atoms with Gasteiger partial charge in [-0.2, -0.15) is 0 Å². The van der Waals surface area contributed by atoms with Crippen molar-refractivity contribution in [1.82, 2.24) is 10.0 Å². The fourth-order valence-electron chi connectivity index (χ4n) is 2.09. The van der Waals surface area contributed by atoms with E-state index < -0.39 is 10.0 Å².